The molecular formula is C13H11BrN4O. The second-order valence-corrected chi connectivity index (χ2v) is 5.11. The van der Waals surface area contributed by atoms with E-state index in [0.29, 0.717) is 17.3 Å². The van der Waals surface area contributed by atoms with Crippen molar-refractivity contribution < 1.29 is 4.74 Å². The molecule has 96 valence electrons. The lowest BCUT2D eigenvalue weighted by atomic mass is 10.2. The lowest BCUT2D eigenvalue weighted by Gasteiger charge is -2.09. The molecule has 1 aromatic carbocycles. The third kappa shape index (κ3) is 2.26. The van der Waals surface area contributed by atoms with E-state index in [1.165, 1.54) is 0 Å². The number of rotatable bonds is 2. The molecule has 0 saturated carbocycles. The highest BCUT2D eigenvalue weighted by atomic mass is 79.9. The molecule has 0 bridgehead atoms. The zero-order valence-corrected chi connectivity index (χ0v) is 11.7. The van der Waals surface area contributed by atoms with Crippen molar-refractivity contribution in [3.63, 3.8) is 0 Å². The summed E-state index contributed by atoms with van der Waals surface area (Å²) in [7, 11) is 0. The third-order valence-corrected chi connectivity index (χ3v) is 3.19. The molecule has 0 unspecified atom stereocenters. The van der Waals surface area contributed by atoms with E-state index < -0.39 is 0 Å². The predicted octanol–water partition coefficient (Wildman–Crippen LogP) is 3.40. The van der Waals surface area contributed by atoms with Crippen LogP contribution in [0.2, 0.25) is 0 Å². The number of anilines is 1. The van der Waals surface area contributed by atoms with Crippen LogP contribution >= 0.6 is 15.9 Å². The van der Waals surface area contributed by atoms with Gasteiger partial charge in [0.1, 0.15) is 0 Å². The molecule has 3 N–H and O–H groups in total. The first kappa shape index (κ1) is 12.0. The molecule has 0 radical (unpaired) electrons. The third-order valence-electron chi connectivity index (χ3n) is 2.70. The summed E-state index contributed by atoms with van der Waals surface area (Å²) in [5.74, 6) is 1.05. The van der Waals surface area contributed by atoms with Crippen molar-refractivity contribution in [3.8, 4) is 11.6 Å². The summed E-state index contributed by atoms with van der Waals surface area (Å²) >= 11 is 3.43. The molecule has 5 nitrogen and oxygen atoms in total. The van der Waals surface area contributed by atoms with Gasteiger partial charge in [0, 0.05) is 21.6 Å². The number of nitrogen functional groups attached to an aromatic ring is 1. The van der Waals surface area contributed by atoms with E-state index in [1.807, 2.05) is 31.2 Å². The number of benzene rings is 1. The number of pyridine rings is 1. The first-order valence-corrected chi connectivity index (χ1v) is 6.46. The van der Waals surface area contributed by atoms with E-state index in [1.54, 1.807) is 6.20 Å². The maximum atomic E-state index is 5.95. The van der Waals surface area contributed by atoms with Gasteiger partial charge in [-0.2, -0.15) is 0 Å². The summed E-state index contributed by atoms with van der Waals surface area (Å²) < 4.78 is 6.71. The molecule has 6 heteroatoms. The van der Waals surface area contributed by atoms with Gasteiger partial charge in [0.2, 0.25) is 5.88 Å². The van der Waals surface area contributed by atoms with E-state index in [0.717, 1.165) is 21.1 Å². The van der Waals surface area contributed by atoms with Gasteiger partial charge < -0.3 is 10.5 Å². The number of ether oxygens (including phenoxy) is 1. The van der Waals surface area contributed by atoms with Gasteiger partial charge in [-0.1, -0.05) is 15.9 Å². The normalized spacial score (nSPS) is 10.8. The summed E-state index contributed by atoms with van der Waals surface area (Å²) in [6, 6.07) is 7.56. The van der Waals surface area contributed by atoms with Gasteiger partial charge in [-0.25, -0.2) is 0 Å². The topological polar surface area (TPSA) is 76.8 Å². The molecule has 2 aromatic heterocycles. The number of aromatic amines is 1. The summed E-state index contributed by atoms with van der Waals surface area (Å²) in [5.41, 5.74) is 8.17. The van der Waals surface area contributed by atoms with Crippen molar-refractivity contribution in [1.82, 2.24) is 15.2 Å². The molecule has 0 aliphatic rings. The average Bonchev–Trinajstić information content (AvgIpc) is 2.79. The summed E-state index contributed by atoms with van der Waals surface area (Å²) in [4.78, 5) is 4.28. The summed E-state index contributed by atoms with van der Waals surface area (Å²) in [5, 5.41) is 7.72. The standard InChI is InChI=1S/C13H11BrN4O/c1-7-4-12(18-17-7)19-13-9-5-8(14)2-3-11(9)16-6-10(13)15/h2-6H,15H2,1H3,(H,17,18). The lowest BCUT2D eigenvalue weighted by molar-refractivity contribution is 0.468. The van der Waals surface area contributed by atoms with Crippen LogP contribution in [0.3, 0.4) is 0 Å². The monoisotopic (exact) mass is 318 g/mol. The number of nitrogens with one attached hydrogen (secondary N) is 1. The van der Waals surface area contributed by atoms with Gasteiger partial charge in [-0.15, -0.1) is 5.10 Å². The minimum Gasteiger partial charge on any atom is -0.435 e. The van der Waals surface area contributed by atoms with Gasteiger partial charge >= 0.3 is 0 Å². The van der Waals surface area contributed by atoms with Crippen LogP contribution in [0.25, 0.3) is 10.9 Å². The molecule has 0 aliphatic carbocycles. The Morgan fingerprint density at radius 3 is 2.89 bits per heavy atom. The lowest BCUT2D eigenvalue weighted by Crippen LogP contribution is -1.95. The summed E-state index contributed by atoms with van der Waals surface area (Å²) in [6.45, 7) is 1.91. The fraction of sp³-hybridized carbons (Fsp3) is 0.0769. The minimum absolute atomic E-state index is 0.478. The van der Waals surface area contributed by atoms with Crippen LogP contribution in [-0.2, 0) is 0 Å². The Bertz CT molecular complexity index is 748. The Labute approximate surface area is 117 Å². The smallest absolute Gasteiger partial charge is 0.238 e. The number of aromatic nitrogens is 3. The highest BCUT2D eigenvalue weighted by molar-refractivity contribution is 9.10. The Morgan fingerprint density at radius 1 is 1.32 bits per heavy atom. The highest BCUT2D eigenvalue weighted by Gasteiger charge is 2.11. The molecule has 3 aromatic rings. The van der Waals surface area contributed by atoms with E-state index >= 15 is 0 Å². The first-order valence-electron chi connectivity index (χ1n) is 5.67. The average molecular weight is 319 g/mol. The molecular weight excluding hydrogens is 308 g/mol. The molecule has 2 heterocycles. The molecule has 0 amide bonds. The van der Waals surface area contributed by atoms with Crippen molar-refractivity contribution in [3.05, 3.63) is 40.6 Å². The van der Waals surface area contributed by atoms with Crippen LogP contribution < -0.4 is 10.5 Å². The van der Waals surface area contributed by atoms with Gasteiger partial charge in [0.15, 0.2) is 5.75 Å². The van der Waals surface area contributed by atoms with Crippen LogP contribution in [0.5, 0.6) is 11.6 Å². The second kappa shape index (κ2) is 4.55. The molecule has 0 aliphatic heterocycles. The fourth-order valence-electron chi connectivity index (χ4n) is 1.82. The van der Waals surface area contributed by atoms with Crippen LogP contribution in [0.1, 0.15) is 5.69 Å². The zero-order chi connectivity index (χ0) is 13.4. The Balaban J connectivity index is 2.15. The Hall–Kier alpha value is -2.08. The SMILES string of the molecule is Cc1cc(Oc2c(N)cnc3ccc(Br)cc23)n[nH]1. The van der Waals surface area contributed by atoms with Crippen LogP contribution in [0.4, 0.5) is 5.69 Å². The van der Waals surface area contributed by atoms with E-state index in [4.69, 9.17) is 10.5 Å². The molecule has 0 atom stereocenters. The summed E-state index contributed by atoms with van der Waals surface area (Å²) in [6.07, 6.45) is 1.59. The second-order valence-electron chi connectivity index (χ2n) is 4.20. The number of hydrogen-bond donors (Lipinski definition) is 2. The van der Waals surface area contributed by atoms with Crippen molar-refractivity contribution in [2.75, 3.05) is 5.73 Å². The van der Waals surface area contributed by atoms with Crippen LogP contribution in [-0.4, -0.2) is 15.2 Å². The van der Waals surface area contributed by atoms with Crippen molar-refractivity contribution in [1.29, 1.82) is 0 Å². The number of nitrogens with two attached hydrogens (primary N) is 1. The Morgan fingerprint density at radius 2 is 2.16 bits per heavy atom. The van der Waals surface area contributed by atoms with Gasteiger partial charge in [-0.3, -0.25) is 10.1 Å². The molecule has 0 spiro atoms. The molecule has 0 fully saturated rings. The fourth-order valence-corrected chi connectivity index (χ4v) is 2.18. The van der Waals surface area contributed by atoms with Gasteiger partial charge in [0.05, 0.1) is 17.4 Å². The predicted molar refractivity (Wildman–Crippen MR) is 77.3 cm³/mol. The quantitative estimate of drug-likeness (QED) is 0.759. The Kier molecular flexibility index (Phi) is 2.87. The number of hydrogen-bond acceptors (Lipinski definition) is 4. The van der Waals surface area contributed by atoms with E-state index in [9.17, 15) is 0 Å². The molecule has 3 rings (SSSR count). The number of nitrogens with zero attached hydrogens (tertiary/aromatic N) is 2. The largest absolute Gasteiger partial charge is 0.435 e. The van der Waals surface area contributed by atoms with E-state index in [2.05, 4.69) is 31.1 Å². The zero-order valence-electron chi connectivity index (χ0n) is 10.1. The molecule has 0 saturated heterocycles. The number of H-pyrrole nitrogens is 1. The minimum atomic E-state index is 0.478. The van der Waals surface area contributed by atoms with Crippen molar-refractivity contribution >= 4 is 32.5 Å². The van der Waals surface area contributed by atoms with Crippen LogP contribution in [0.15, 0.2) is 34.9 Å². The maximum Gasteiger partial charge on any atom is 0.238 e. The maximum absolute atomic E-state index is 5.95. The van der Waals surface area contributed by atoms with Crippen molar-refractivity contribution in [2.24, 2.45) is 0 Å². The van der Waals surface area contributed by atoms with Gasteiger partial charge in [0.25, 0.3) is 0 Å². The number of fused-ring (bicyclic) bond motifs is 1. The van der Waals surface area contributed by atoms with Crippen LogP contribution in [0, 0.1) is 6.92 Å². The number of halogens is 1. The molecule has 19 heavy (non-hydrogen) atoms. The van der Waals surface area contributed by atoms with Gasteiger partial charge in [-0.05, 0) is 25.1 Å². The van der Waals surface area contributed by atoms with Crippen molar-refractivity contribution in [2.45, 2.75) is 6.92 Å². The van der Waals surface area contributed by atoms with E-state index in [-0.39, 0.29) is 0 Å². The highest BCUT2D eigenvalue weighted by Crippen LogP contribution is 2.35. The number of aryl methyl sites for hydroxylation is 1. The first-order chi connectivity index (χ1) is 9.13.